The summed E-state index contributed by atoms with van der Waals surface area (Å²) < 4.78 is 18.4. The Morgan fingerprint density at radius 2 is 2.26 bits per heavy atom. The minimum Gasteiger partial charge on any atom is -0.494 e. The summed E-state index contributed by atoms with van der Waals surface area (Å²) in [5, 5.41) is 5.97. The first kappa shape index (κ1) is 13.8. The van der Waals surface area contributed by atoms with E-state index in [0.29, 0.717) is 12.6 Å². The maximum atomic E-state index is 13.6. The summed E-state index contributed by atoms with van der Waals surface area (Å²) in [6.45, 7) is 2.14. The molecule has 0 saturated heterocycles. The smallest absolute Gasteiger partial charge is 0.234 e. The molecule has 1 aliphatic carbocycles. The molecule has 0 heterocycles. The fourth-order valence-electron chi connectivity index (χ4n) is 1.85. The highest BCUT2D eigenvalue weighted by Crippen LogP contribution is 2.21. The van der Waals surface area contributed by atoms with Crippen LogP contribution in [0.25, 0.3) is 0 Å². The molecule has 5 heteroatoms. The highest BCUT2D eigenvalue weighted by atomic mass is 19.1. The first-order chi connectivity index (χ1) is 9.10. The summed E-state index contributed by atoms with van der Waals surface area (Å²) in [4.78, 5) is 11.7. The van der Waals surface area contributed by atoms with Crippen LogP contribution in [-0.2, 0) is 4.79 Å². The third kappa shape index (κ3) is 3.92. The van der Waals surface area contributed by atoms with Crippen molar-refractivity contribution in [2.45, 2.75) is 31.8 Å². The molecule has 0 aliphatic heterocycles. The number of carbonyl (C=O) groups is 1. The van der Waals surface area contributed by atoms with Crippen LogP contribution in [0, 0.1) is 5.82 Å². The second-order valence-corrected chi connectivity index (χ2v) is 4.84. The quantitative estimate of drug-likeness (QED) is 0.825. The second kappa shape index (κ2) is 6.02. The number of carbonyl (C=O) groups excluding carboxylic acids is 1. The van der Waals surface area contributed by atoms with Gasteiger partial charge in [0.15, 0.2) is 11.6 Å². The van der Waals surface area contributed by atoms with Crippen LogP contribution in [0.15, 0.2) is 18.2 Å². The number of hydrogen-bond acceptors (Lipinski definition) is 3. The van der Waals surface area contributed by atoms with Gasteiger partial charge in [0, 0.05) is 6.04 Å². The molecule has 1 saturated carbocycles. The Morgan fingerprint density at radius 1 is 1.53 bits per heavy atom. The molecule has 1 amide bonds. The van der Waals surface area contributed by atoms with Gasteiger partial charge in [-0.3, -0.25) is 4.79 Å². The lowest BCUT2D eigenvalue weighted by Gasteiger charge is -2.15. The molecule has 2 rings (SSSR count). The summed E-state index contributed by atoms with van der Waals surface area (Å²) in [5.74, 6) is -0.287. The number of nitrogens with one attached hydrogen (secondary N) is 2. The van der Waals surface area contributed by atoms with Gasteiger partial charge in [-0.25, -0.2) is 4.39 Å². The second-order valence-electron chi connectivity index (χ2n) is 4.84. The van der Waals surface area contributed by atoms with Crippen LogP contribution in [0.3, 0.4) is 0 Å². The monoisotopic (exact) mass is 266 g/mol. The maximum absolute atomic E-state index is 13.6. The van der Waals surface area contributed by atoms with Crippen LogP contribution in [-0.4, -0.2) is 25.6 Å². The largest absolute Gasteiger partial charge is 0.494 e. The number of hydrogen-bond donors (Lipinski definition) is 2. The van der Waals surface area contributed by atoms with Crippen molar-refractivity contribution in [2.75, 3.05) is 13.7 Å². The van der Waals surface area contributed by atoms with Gasteiger partial charge in [-0.15, -0.1) is 0 Å². The Balaban J connectivity index is 1.88. The van der Waals surface area contributed by atoms with Crippen molar-refractivity contribution in [2.24, 2.45) is 0 Å². The minimum atomic E-state index is -0.419. The highest BCUT2D eigenvalue weighted by Gasteiger charge is 2.21. The van der Waals surface area contributed by atoms with Gasteiger partial charge < -0.3 is 15.4 Å². The van der Waals surface area contributed by atoms with Crippen LogP contribution in [0.1, 0.15) is 31.4 Å². The molecule has 1 atom stereocenters. The minimum absolute atomic E-state index is 0.0735. The predicted octanol–water partition coefficient (Wildman–Crippen LogP) is 1.76. The summed E-state index contributed by atoms with van der Waals surface area (Å²) >= 11 is 0. The Kier molecular flexibility index (Phi) is 4.37. The lowest BCUT2D eigenvalue weighted by Crippen LogP contribution is -2.36. The first-order valence-electron chi connectivity index (χ1n) is 6.46. The molecular formula is C14H19FN2O2. The molecule has 0 spiro atoms. The highest BCUT2D eigenvalue weighted by molar-refractivity contribution is 5.78. The molecule has 1 aromatic rings. The van der Waals surface area contributed by atoms with Crippen LogP contribution in [0.4, 0.5) is 4.39 Å². The molecule has 0 aromatic heterocycles. The fourth-order valence-corrected chi connectivity index (χ4v) is 1.85. The third-order valence-electron chi connectivity index (χ3n) is 3.18. The van der Waals surface area contributed by atoms with E-state index in [1.165, 1.54) is 13.2 Å². The van der Waals surface area contributed by atoms with E-state index in [-0.39, 0.29) is 17.7 Å². The van der Waals surface area contributed by atoms with Crippen LogP contribution in [0.2, 0.25) is 0 Å². The van der Waals surface area contributed by atoms with E-state index in [9.17, 15) is 9.18 Å². The van der Waals surface area contributed by atoms with Gasteiger partial charge in [0.2, 0.25) is 5.91 Å². The normalized spacial score (nSPS) is 15.9. The molecular weight excluding hydrogens is 247 g/mol. The van der Waals surface area contributed by atoms with Crippen molar-refractivity contribution in [3.8, 4) is 5.75 Å². The van der Waals surface area contributed by atoms with Gasteiger partial charge in [-0.2, -0.15) is 0 Å². The fraction of sp³-hybridized carbons (Fsp3) is 0.500. The third-order valence-corrected chi connectivity index (χ3v) is 3.18. The molecule has 19 heavy (non-hydrogen) atoms. The summed E-state index contributed by atoms with van der Waals surface area (Å²) in [6, 6.07) is 4.98. The molecule has 4 nitrogen and oxygen atoms in total. The van der Waals surface area contributed by atoms with Crippen molar-refractivity contribution >= 4 is 5.91 Å². The van der Waals surface area contributed by atoms with Crippen molar-refractivity contribution in [1.29, 1.82) is 0 Å². The zero-order valence-electron chi connectivity index (χ0n) is 11.2. The lowest BCUT2D eigenvalue weighted by atomic mass is 10.1. The average Bonchev–Trinajstić information content (AvgIpc) is 3.20. The van der Waals surface area contributed by atoms with Crippen LogP contribution >= 0.6 is 0 Å². The maximum Gasteiger partial charge on any atom is 0.234 e. The van der Waals surface area contributed by atoms with Gasteiger partial charge in [0.1, 0.15) is 0 Å². The number of rotatable bonds is 6. The van der Waals surface area contributed by atoms with Gasteiger partial charge in [0.05, 0.1) is 19.7 Å². The number of benzene rings is 1. The Hall–Kier alpha value is -1.62. The zero-order valence-corrected chi connectivity index (χ0v) is 11.2. The van der Waals surface area contributed by atoms with E-state index < -0.39 is 5.82 Å². The van der Waals surface area contributed by atoms with Crippen molar-refractivity contribution in [3.63, 3.8) is 0 Å². The molecule has 1 unspecified atom stereocenters. The molecule has 2 N–H and O–H groups in total. The zero-order chi connectivity index (χ0) is 13.8. The standard InChI is InChI=1S/C14H19FN2O2/c1-9(17-14(18)8-16-11-4-5-11)10-3-6-13(19-2)12(15)7-10/h3,6-7,9,11,16H,4-5,8H2,1-2H3,(H,17,18). The predicted molar refractivity (Wildman–Crippen MR) is 70.5 cm³/mol. The summed E-state index contributed by atoms with van der Waals surface area (Å²) in [6.07, 6.45) is 2.29. The van der Waals surface area contributed by atoms with Gasteiger partial charge in [0.25, 0.3) is 0 Å². The Labute approximate surface area is 112 Å². The van der Waals surface area contributed by atoms with E-state index in [1.807, 2.05) is 6.92 Å². The molecule has 1 aliphatic rings. The van der Waals surface area contributed by atoms with E-state index in [0.717, 1.165) is 18.4 Å². The van der Waals surface area contributed by atoms with Gasteiger partial charge >= 0.3 is 0 Å². The van der Waals surface area contributed by atoms with Crippen molar-refractivity contribution < 1.29 is 13.9 Å². The number of ether oxygens (including phenoxy) is 1. The van der Waals surface area contributed by atoms with Crippen LogP contribution < -0.4 is 15.4 Å². The average molecular weight is 266 g/mol. The van der Waals surface area contributed by atoms with Crippen LogP contribution in [0.5, 0.6) is 5.75 Å². The van der Waals surface area contributed by atoms with Gasteiger partial charge in [-0.1, -0.05) is 6.07 Å². The lowest BCUT2D eigenvalue weighted by molar-refractivity contribution is -0.120. The van der Waals surface area contributed by atoms with Crippen molar-refractivity contribution in [3.05, 3.63) is 29.6 Å². The topological polar surface area (TPSA) is 50.4 Å². The van der Waals surface area contributed by atoms with Gasteiger partial charge in [-0.05, 0) is 37.5 Å². The molecule has 104 valence electrons. The van der Waals surface area contributed by atoms with E-state index in [4.69, 9.17) is 4.74 Å². The summed E-state index contributed by atoms with van der Waals surface area (Å²) in [7, 11) is 1.42. The first-order valence-corrected chi connectivity index (χ1v) is 6.46. The molecule has 0 bridgehead atoms. The van der Waals surface area contributed by atoms with E-state index in [1.54, 1.807) is 12.1 Å². The summed E-state index contributed by atoms with van der Waals surface area (Å²) in [5.41, 5.74) is 0.720. The SMILES string of the molecule is COc1ccc(C(C)NC(=O)CNC2CC2)cc1F. The number of methoxy groups -OCH3 is 1. The number of halogens is 1. The molecule has 0 radical (unpaired) electrons. The van der Waals surface area contributed by atoms with E-state index in [2.05, 4.69) is 10.6 Å². The molecule has 1 fully saturated rings. The Morgan fingerprint density at radius 3 is 2.84 bits per heavy atom. The van der Waals surface area contributed by atoms with E-state index >= 15 is 0 Å². The Bertz CT molecular complexity index is 461. The van der Waals surface area contributed by atoms with Crippen molar-refractivity contribution in [1.82, 2.24) is 10.6 Å². The molecule has 1 aromatic carbocycles. The number of amides is 1.